The summed E-state index contributed by atoms with van der Waals surface area (Å²) in [6, 6.07) is 18.5. The van der Waals surface area contributed by atoms with E-state index < -0.39 is 22.5 Å². The molecule has 0 spiro atoms. The second-order valence-electron chi connectivity index (χ2n) is 7.23. The lowest BCUT2D eigenvalue weighted by atomic mass is 10.2. The number of nitrogens with one attached hydrogen (secondary N) is 1. The fourth-order valence-electron chi connectivity index (χ4n) is 3.20. The lowest BCUT2D eigenvalue weighted by Gasteiger charge is -2.26. The molecule has 1 N–H and O–H groups in total. The van der Waals surface area contributed by atoms with Crippen LogP contribution in [0.15, 0.2) is 71.6 Å². The molecule has 0 radical (unpaired) electrons. The first-order chi connectivity index (χ1) is 15.3. The standard InChI is InChI=1S/C24H26N2O5S/c1-17-9-12-20(13-10-17)32(28,29)26(22-8-6-5-7-18(22)2)16-24(27)25-21-14-11-19(30-3)15-23(21)31-4/h5-15H,16H2,1-4H3,(H,25,27). The van der Waals surface area contributed by atoms with Gasteiger partial charge in [0.05, 0.1) is 30.5 Å². The quantitative estimate of drug-likeness (QED) is 0.553. The first-order valence-electron chi connectivity index (χ1n) is 9.93. The van der Waals surface area contributed by atoms with Crippen LogP contribution in [0.2, 0.25) is 0 Å². The van der Waals surface area contributed by atoms with E-state index in [2.05, 4.69) is 5.32 Å². The van der Waals surface area contributed by atoms with E-state index in [9.17, 15) is 13.2 Å². The summed E-state index contributed by atoms with van der Waals surface area (Å²) in [5.74, 6) is 0.470. The minimum atomic E-state index is -3.99. The predicted octanol–water partition coefficient (Wildman–Crippen LogP) is 4.15. The number of hydrogen-bond donors (Lipinski definition) is 1. The summed E-state index contributed by atoms with van der Waals surface area (Å²) >= 11 is 0. The van der Waals surface area contributed by atoms with Crippen LogP contribution in [0, 0.1) is 13.8 Å². The summed E-state index contributed by atoms with van der Waals surface area (Å²) in [5, 5.41) is 2.74. The van der Waals surface area contributed by atoms with Gasteiger partial charge in [-0.25, -0.2) is 8.42 Å². The number of benzene rings is 3. The summed E-state index contributed by atoms with van der Waals surface area (Å²) in [4.78, 5) is 13.1. The molecule has 3 aromatic rings. The molecule has 0 aliphatic rings. The molecule has 0 aromatic heterocycles. The number of amides is 1. The Morgan fingerprint density at radius 2 is 1.62 bits per heavy atom. The van der Waals surface area contributed by atoms with Crippen molar-refractivity contribution in [1.82, 2.24) is 0 Å². The van der Waals surface area contributed by atoms with E-state index in [1.807, 2.05) is 13.0 Å². The Morgan fingerprint density at radius 1 is 0.938 bits per heavy atom. The number of carbonyl (C=O) groups is 1. The highest BCUT2D eigenvalue weighted by molar-refractivity contribution is 7.92. The first-order valence-corrected chi connectivity index (χ1v) is 11.4. The number of ether oxygens (including phenoxy) is 2. The summed E-state index contributed by atoms with van der Waals surface area (Å²) in [5.41, 5.74) is 2.52. The largest absolute Gasteiger partial charge is 0.497 e. The van der Waals surface area contributed by atoms with E-state index in [1.165, 1.54) is 14.2 Å². The van der Waals surface area contributed by atoms with E-state index in [-0.39, 0.29) is 4.90 Å². The van der Waals surface area contributed by atoms with Crippen LogP contribution in [0.4, 0.5) is 11.4 Å². The van der Waals surface area contributed by atoms with Crippen LogP contribution in [0.1, 0.15) is 11.1 Å². The lowest BCUT2D eigenvalue weighted by molar-refractivity contribution is -0.114. The molecule has 1 amide bonds. The van der Waals surface area contributed by atoms with Crippen LogP contribution >= 0.6 is 0 Å². The van der Waals surface area contributed by atoms with Gasteiger partial charge < -0.3 is 14.8 Å². The zero-order valence-corrected chi connectivity index (χ0v) is 19.3. The van der Waals surface area contributed by atoms with Gasteiger partial charge in [-0.05, 0) is 49.7 Å². The van der Waals surface area contributed by atoms with Gasteiger partial charge in [-0.3, -0.25) is 9.10 Å². The zero-order valence-electron chi connectivity index (χ0n) is 18.5. The van der Waals surface area contributed by atoms with Crippen molar-refractivity contribution in [2.75, 3.05) is 30.4 Å². The van der Waals surface area contributed by atoms with Crippen LogP contribution in [0.5, 0.6) is 11.5 Å². The molecule has 7 nitrogen and oxygen atoms in total. The third-order valence-electron chi connectivity index (χ3n) is 4.96. The number of hydrogen-bond acceptors (Lipinski definition) is 5. The Kier molecular flexibility index (Phi) is 7.05. The Morgan fingerprint density at radius 3 is 2.25 bits per heavy atom. The minimum absolute atomic E-state index is 0.112. The van der Waals surface area contributed by atoms with Crippen molar-refractivity contribution in [1.29, 1.82) is 0 Å². The van der Waals surface area contributed by atoms with Crippen molar-refractivity contribution in [2.45, 2.75) is 18.7 Å². The van der Waals surface area contributed by atoms with Crippen molar-refractivity contribution in [3.63, 3.8) is 0 Å². The Bertz CT molecular complexity index is 1210. The number of carbonyl (C=O) groups excluding carboxylic acids is 1. The third-order valence-corrected chi connectivity index (χ3v) is 6.74. The molecule has 0 saturated carbocycles. The highest BCUT2D eigenvalue weighted by atomic mass is 32.2. The van der Waals surface area contributed by atoms with Crippen molar-refractivity contribution in [3.8, 4) is 11.5 Å². The summed E-state index contributed by atoms with van der Waals surface area (Å²) in [6.45, 7) is 3.28. The second-order valence-corrected chi connectivity index (χ2v) is 9.09. The Labute approximate surface area is 188 Å². The van der Waals surface area contributed by atoms with E-state index >= 15 is 0 Å². The molecule has 0 bridgehead atoms. The lowest BCUT2D eigenvalue weighted by Crippen LogP contribution is -2.38. The topological polar surface area (TPSA) is 84.9 Å². The van der Waals surface area contributed by atoms with E-state index in [0.29, 0.717) is 22.9 Å². The molecule has 0 aliphatic heterocycles. The number of nitrogens with zero attached hydrogens (tertiary/aromatic N) is 1. The zero-order chi connectivity index (χ0) is 23.3. The average Bonchev–Trinajstić information content (AvgIpc) is 2.78. The maximum atomic E-state index is 13.5. The minimum Gasteiger partial charge on any atom is -0.497 e. The maximum Gasteiger partial charge on any atom is 0.264 e. The van der Waals surface area contributed by atoms with Crippen molar-refractivity contribution in [3.05, 3.63) is 77.9 Å². The molecule has 0 atom stereocenters. The van der Waals surface area contributed by atoms with Gasteiger partial charge in [0.25, 0.3) is 10.0 Å². The van der Waals surface area contributed by atoms with Crippen LogP contribution in [0.25, 0.3) is 0 Å². The average molecular weight is 455 g/mol. The molecule has 3 rings (SSSR count). The summed E-state index contributed by atoms with van der Waals surface area (Å²) < 4.78 is 38.6. The van der Waals surface area contributed by atoms with Gasteiger partial charge in [-0.2, -0.15) is 0 Å². The second kappa shape index (κ2) is 9.74. The number of rotatable bonds is 8. The summed E-state index contributed by atoms with van der Waals surface area (Å²) in [6.07, 6.45) is 0. The van der Waals surface area contributed by atoms with E-state index in [0.717, 1.165) is 15.4 Å². The fourth-order valence-corrected chi connectivity index (χ4v) is 4.69. The van der Waals surface area contributed by atoms with Crippen LogP contribution in [-0.2, 0) is 14.8 Å². The fraction of sp³-hybridized carbons (Fsp3) is 0.208. The van der Waals surface area contributed by atoms with Gasteiger partial charge in [0, 0.05) is 6.07 Å². The highest BCUT2D eigenvalue weighted by Crippen LogP contribution is 2.30. The van der Waals surface area contributed by atoms with Gasteiger partial charge in [0.15, 0.2) is 0 Å². The van der Waals surface area contributed by atoms with Gasteiger partial charge in [-0.15, -0.1) is 0 Å². The van der Waals surface area contributed by atoms with Crippen molar-refractivity contribution < 1.29 is 22.7 Å². The number of anilines is 2. The molecule has 0 heterocycles. The number of aryl methyl sites for hydroxylation is 2. The Balaban J connectivity index is 1.96. The maximum absolute atomic E-state index is 13.5. The van der Waals surface area contributed by atoms with Gasteiger partial charge in [0.2, 0.25) is 5.91 Å². The molecule has 8 heteroatoms. The molecular formula is C24H26N2O5S. The number of para-hydroxylation sites is 1. The van der Waals surface area contributed by atoms with Crippen LogP contribution in [-0.4, -0.2) is 35.1 Å². The normalized spacial score (nSPS) is 11.0. The van der Waals surface area contributed by atoms with Crippen LogP contribution < -0.4 is 19.1 Å². The molecule has 168 valence electrons. The highest BCUT2D eigenvalue weighted by Gasteiger charge is 2.28. The molecule has 0 saturated heterocycles. The molecule has 3 aromatic carbocycles. The van der Waals surface area contributed by atoms with Gasteiger partial charge >= 0.3 is 0 Å². The first kappa shape index (κ1) is 23.1. The predicted molar refractivity (Wildman–Crippen MR) is 125 cm³/mol. The smallest absolute Gasteiger partial charge is 0.264 e. The van der Waals surface area contributed by atoms with Crippen LogP contribution in [0.3, 0.4) is 0 Å². The van der Waals surface area contributed by atoms with Gasteiger partial charge in [-0.1, -0.05) is 35.9 Å². The molecule has 0 unspecified atom stereocenters. The monoisotopic (exact) mass is 454 g/mol. The number of sulfonamides is 1. The summed E-state index contributed by atoms with van der Waals surface area (Å²) in [7, 11) is -0.977. The number of methoxy groups -OCH3 is 2. The SMILES string of the molecule is COc1ccc(NC(=O)CN(c2ccccc2C)S(=O)(=O)c2ccc(C)cc2)c(OC)c1. The molecule has 0 aliphatic carbocycles. The molecular weight excluding hydrogens is 428 g/mol. The third kappa shape index (κ3) is 5.03. The molecule has 32 heavy (non-hydrogen) atoms. The van der Waals surface area contributed by atoms with Gasteiger partial charge in [0.1, 0.15) is 18.0 Å². The van der Waals surface area contributed by atoms with Crippen molar-refractivity contribution >= 4 is 27.3 Å². The molecule has 0 fully saturated rings. The van der Waals surface area contributed by atoms with Crippen molar-refractivity contribution in [2.24, 2.45) is 0 Å². The Hall–Kier alpha value is -3.52. The van der Waals surface area contributed by atoms with E-state index in [1.54, 1.807) is 67.6 Å². The van der Waals surface area contributed by atoms with E-state index in [4.69, 9.17) is 9.47 Å².